The predicted octanol–water partition coefficient (Wildman–Crippen LogP) is 10.8. The highest BCUT2D eigenvalue weighted by molar-refractivity contribution is 5.88. The van der Waals surface area contributed by atoms with Crippen molar-refractivity contribution in [1.82, 2.24) is 29.8 Å². The molecule has 3 heterocycles. The highest BCUT2D eigenvalue weighted by Crippen LogP contribution is 2.29. The fourth-order valence-corrected chi connectivity index (χ4v) is 5.92. The monoisotopic (exact) mass is 769 g/mol. The number of aryl methyl sites for hydroxylation is 3. The lowest BCUT2D eigenvalue weighted by molar-refractivity contribution is -0.128. The fraction of sp³-hybridized carbons (Fsp3) is 0.543. The molecule has 3 aromatic rings. The Balaban J connectivity index is 0.000000409. The Morgan fingerprint density at radius 2 is 1.73 bits per heavy atom. The van der Waals surface area contributed by atoms with Gasteiger partial charge < -0.3 is 19.9 Å². The number of hydrogen-bond donors (Lipinski definition) is 1. The third-order valence-electron chi connectivity index (χ3n) is 9.62. The quantitative estimate of drug-likeness (QED) is 0.107. The van der Waals surface area contributed by atoms with Crippen LogP contribution in [0.4, 0.5) is 11.5 Å². The molecule has 0 saturated heterocycles. The van der Waals surface area contributed by atoms with Gasteiger partial charge >= 0.3 is 0 Å². The first-order chi connectivity index (χ1) is 26.8. The van der Waals surface area contributed by atoms with E-state index in [-0.39, 0.29) is 11.9 Å². The van der Waals surface area contributed by atoms with Crippen LogP contribution in [0.2, 0.25) is 0 Å². The molecule has 1 N–H and O–H groups in total. The molecule has 0 spiro atoms. The number of carbonyl (C=O) groups excluding carboxylic acids is 1. The molecular weight excluding hydrogens is 697 g/mol. The molecule has 0 bridgehead atoms. The number of benzene rings is 1. The van der Waals surface area contributed by atoms with E-state index >= 15 is 0 Å². The highest BCUT2D eigenvalue weighted by atomic mass is 16.5. The second kappa shape index (κ2) is 24.8. The van der Waals surface area contributed by atoms with E-state index in [4.69, 9.17) is 4.74 Å². The van der Waals surface area contributed by atoms with E-state index in [9.17, 15) is 4.79 Å². The van der Waals surface area contributed by atoms with Gasteiger partial charge in [-0.15, -0.1) is 0 Å². The number of carbonyl (C=O) groups is 1. The molecule has 2 unspecified atom stereocenters. The van der Waals surface area contributed by atoms with E-state index in [2.05, 4.69) is 89.7 Å². The van der Waals surface area contributed by atoms with Gasteiger partial charge in [0.1, 0.15) is 23.4 Å². The first-order valence-corrected chi connectivity index (χ1v) is 20.7. The van der Waals surface area contributed by atoms with Crippen molar-refractivity contribution in [2.75, 3.05) is 32.5 Å². The largest absolute Gasteiger partial charge is 0.457 e. The van der Waals surface area contributed by atoms with Crippen LogP contribution in [-0.2, 0) is 4.79 Å². The number of amides is 1. The molecule has 0 radical (unpaired) electrons. The number of rotatable bonds is 17. The van der Waals surface area contributed by atoms with Crippen molar-refractivity contribution < 1.29 is 9.53 Å². The van der Waals surface area contributed by atoms with Crippen LogP contribution in [-0.4, -0.2) is 81.2 Å². The summed E-state index contributed by atoms with van der Waals surface area (Å²) in [6, 6.07) is 8.51. The zero-order chi connectivity index (χ0) is 41.8. The summed E-state index contributed by atoms with van der Waals surface area (Å²) in [6.07, 6.45) is 18.8. The Bertz CT molecular complexity index is 1760. The minimum Gasteiger partial charge on any atom is -0.457 e. The summed E-state index contributed by atoms with van der Waals surface area (Å²) >= 11 is 0. The number of ether oxygens (including phenoxy) is 1. The molecule has 0 saturated carbocycles. The first kappa shape index (κ1) is 47.6. The van der Waals surface area contributed by atoms with Crippen molar-refractivity contribution in [3.05, 3.63) is 83.7 Å². The van der Waals surface area contributed by atoms with E-state index in [1.54, 1.807) is 12.4 Å². The lowest BCUT2D eigenvalue weighted by Gasteiger charge is -2.30. The maximum absolute atomic E-state index is 12.4. The van der Waals surface area contributed by atoms with Crippen molar-refractivity contribution in [3.63, 3.8) is 0 Å². The summed E-state index contributed by atoms with van der Waals surface area (Å²) < 4.78 is 6.16. The molecule has 1 aromatic carbocycles. The molecule has 1 aliphatic heterocycles. The molecule has 308 valence electrons. The van der Waals surface area contributed by atoms with Gasteiger partial charge in [0.05, 0.1) is 11.6 Å². The molecule has 4 rings (SSSR count). The van der Waals surface area contributed by atoms with Crippen molar-refractivity contribution >= 4 is 34.7 Å². The number of fused-ring (bicyclic) bond motifs is 1. The summed E-state index contributed by atoms with van der Waals surface area (Å²) in [5.74, 6) is 3.64. The number of pyridine rings is 1. The van der Waals surface area contributed by atoms with Gasteiger partial charge in [0.2, 0.25) is 5.91 Å². The van der Waals surface area contributed by atoms with Crippen LogP contribution < -0.4 is 10.1 Å². The van der Waals surface area contributed by atoms with Crippen molar-refractivity contribution in [3.8, 4) is 5.75 Å². The summed E-state index contributed by atoms with van der Waals surface area (Å²) in [7, 11) is 4.03. The van der Waals surface area contributed by atoms with Crippen LogP contribution in [0, 0.1) is 32.6 Å². The van der Waals surface area contributed by atoms with Crippen LogP contribution in [0.3, 0.4) is 0 Å². The number of hydrogen-bond acceptors (Lipinski definition) is 9. The maximum atomic E-state index is 12.4. The Labute approximate surface area is 339 Å². The number of hydrazone groups is 1. The average molecular weight is 769 g/mol. The summed E-state index contributed by atoms with van der Waals surface area (Å²) in [4.78, 5) is 30.0. The molecule has 0 fully saturated rings. The number of aromatic nitrogens is 3. The lowest BCUT2D eigenvalue weighted by Crippen LogP contribution is -2.39. The molecule has 1 aliphatic rings. The minimum atomic E-state index is 0.117. The smallest absolute Gasteiger partial charge is 0.246 e. The van der Waals surface area contributed by atoms with Gasteiger partial charge in [-0.2, -0.15) is 5.10 Å². The van der Waals surface area contributed by atoms with E-state index in [0.717, 1.165) is 83.3 Å². The topological polar surface area (TPSA) is 99.1 Å². The van der Waals surface area contributed by atoms with E-state index < -0.39 is 0 Å². The second-order valence-electron chi connectivity index (χ2n) is 15.0. The number of nitrogens with one attached hydrogen (secondary N) is 1. The van der Waals surface area contributed by atoms with E-state index in [1.807, 2.05) is 103 Å². The van der Waals surface area contributed by atoms with Crippen molar-refractivity contribution in [1.29, 1.82) is 0 Å². The van der Waals surface area contributed by atoms with Crippen LogP contribution in [0.5, 0.6) is 5.75 Å². The van der Waals surface area contributed by atoms with Crippen LogP contribution in [0.15, 0.2) is 72.0 Å². The van der Waals surface area contributed by atoms with E-state index in [0.29, 0.717) is 17.8 Å². The maximum Gasteiger partial charge on any atom is 0.246 e. The molecular formula is C46H72N8O2. The average Bonchev–Trinajstić information content (AvgIpc) is 3.16. The lowest BCUT2D eigenvalue weighted by atomic mass is 10.0. The Kier molecular flexibility index (Phi) is 21.1. The number of anilines is 2. The fourth-order valence-electron chi connectivity index (χ4n) is 5.92. The van der Waals surface area contributed by atoms with Gasteiger partial charge in [0.15, 0.2) is 5.82 Å². The molecule has 2 aromatic heterocycles. The zero-order valence-corrected chi connectivity index (χ0v) is 37.1. The van der Waals surface area contributed by atoms with Crippen molar-refractivity contribution in [2.24, 2.45) is 16.9 Å². The van der Waals surface area contributed by atoms with Gasteiger partial charge in [0.25, 0.3) is 0 Å². The molecule has 56 heavy (non-hydrogen) atoms. The summed E-state index contributed by atoms with van der Waals surface area (Å²) in [5, 5.41) is 9.81. The number of nitrogens with zero attached hydrogens (tertiary/aromatic N) is 7. The normalized spacial score (nSPS) is 14.6. The van der Waals surface area contributed by atoms with Gasteiger partial charge in [0, 0.05) is 49.0 Å². The minimum absolute atomic E-state index is 0.117. The van der Waals surface area contributed by atoms with Gasteiger partial charge in [-0.3, -0.25) is 9.80 Å². The Hall–Kier alpha value is -4.57. The molecule has 2 atom stereocenters. The summed E-state index contributed by atoms with van der Waals surface area (Å²) in [5.41, 5.74) is 5.59. The second-order valence-corrected chi connectivity index (χ2v) is 15.0. The van der Waals surface area contributed by atoms with Gasteiger partial charge in [-0.05, 0) is 127 Å². The zero-order valence-electron chi connectivity index (χ0n) is 37.1. The number of allylic oxidation sites excluding steroid dienone is 1. The Morgan fingerprint density at radius 1 is 1.02 bits per heavy atom. The van der Waals surface area contributed by atoms with Crippen LogP contribution >= 0.6 is 0 Å². The molecule has 10 heteroatoms. The summed E-state index contributed by atoms with van der Waals surface area (Å²) in [6.45, 7) is 26.9. The third kappa shape index (κ3) is 15.5. The molecule has 10 nitrogen and oxygen atoms in total. The van der Waals surface area contributed by atoms with Crippen LogP contribution in [0.25, 0.3) is 11.0 Å². The molecule has 0 aliphatic carbocycles. The predicted molar refractivity (Wildman–Crippen MR) is 238 cm³/mol. The van der Waals surface area contributed by atoms with Crippen LogP contribution in [0.1, 0.15) is 111 Å². The molecule has 1 amide bonds. The van der Waals surface area contributed by atoms with E-state index in [1.165, 1.54) is 12.8 Å². The SMILES string of the molecule is CC.CCC(C)CCCN(C(=O)/C=C/CN(C)C)C(CC)CC.Cc1cc(Nc2ncnc3cc(C)c(C)nc23)ccc1OC1=CC(C)N(/N=C\C(C)C)C=C1. The Morgan fingerprint density at radius 3 is 2.34 bits per heavy atom. The standard InChI is InChI=1S/C26H30N6O.C18H36N2O.C2H6/c1-16(2)14-29-32-10-9-22(13-19(32)5)33-24-8-7-21(11-18(24)4)31-26-25-23(27-15-28-26)12-17(3)20(6)30-25;1-7-16(4)12-10-15-20(17(8-2)9-3)18(21)13-11-14-19(5)6;1-2/h7-16,19H,1-6H3,(H,27,28,31);11,13,16-17H,7-10,12,14-15H2,1-6H3;1-2H3/b29-14-;13-11+;. The highest BCUT2D eigenvalue weighted by Gasteiger charge is 2.19. The number of likely N-dealkylation sites (N-methyl/N-ethyl adjacent to an activating group) is 1. The van der Waals surface area contributed by atoms with Gasteiger partial charge in [-0.25, -0.2) is 15.0 Å². The first-order valence-electron chi connectivity index (χ1n) is 20.7. The van der Waals surface area contributed by atoms with Gasteiger partial charge in [-0.1, -0.05) is 67.9 Å². The third-order valence-corrected chi connectivity index (χ3v) is 9.62. The van der Waals surface area contributed by atoms with Crippen molar-refractivity contribution in [2.45, 2.75) is 127 Å².